The maximum atomic E-state index is 13.0. The van der Waals surface area contributed by atoms with Crippen molar-refractivity contribution in [3.63, 3.8) is 0 Å². The molecule has 0 spiro atoms. The minimum Gasteiger partial charge on any atom is -0.508 e. The van der Waals surface area contributed by atoms with Gasteiger partial charge in [0.1, 0.15) is 22.1 Å². The van der Waals surface area contributed by atoms with Crippen LogP contribution in [0, 0.1) is 13.8 Å². The second-order valence-electron chi connectivity index (χ2n) is 6.21. The van der Waals surface area contributed by atoms with E-state index in [-0.39, 0.29) is 16.4 Å². The van der Waals surface area contributed by atoms with Crippen molar-refractivity contribution in [2.45, 2.75) is 18.7 Å². The molecule has 2 aromatic carbocycles. The molecule has 0 unspecified atom stereocenters. The van der Waals surface area contributed by atoms with Gasteiger partial charge in [0, 0.05) is 32.2 Å². The van der Waals surface area contributed by atoms with Gasteiger partial charge in [0.25, 0.3) is 0 Å². The fraction of sp³-hybridized carbons (Fsp3) is 0.333. The van der Waals surface area contributed by atoms with Crippen LogP contribution in [0.3, 0.4) is 0 Å². The highest BCUT2D eigenvalue weighted by atomic mass is 32.2. The number of aromatic hydroxyl groups is 1. The van der Waals surface area contributed by atoms with E-state index < -0.39 is 10.0 Å². The standard InChI is InChI=1S/C18H22N2O4S/c1-13-3-4-18(25(22,23)20-7-5-19-6-8-20)17(11-13)24-16-10-14(2)9-15(21)12-16/h3-4,9-12,19,21H,5-8H2,1-2H3. The number of nitrogens with zero attached hydrogens (tertiary/aromatic N) is 1. The van der Waals surface area contributed by atoms with Crippen molar-refractivity contribution in [1.29, 1.82) is 0 Å². The van der Waals surface area contributed by atoms with Gasteiger partial charge in [0.15, 0.2) is 0 Å². The summed E-state index contributed by atoms with van der Waals surface area (Å²) in [6.45, 7) is 5.84. The number of benzene rings is 2. The average Bonchev–Trinajstić information content (AvgIpc) is 2.54. The van der Waals surface area contributed by atoms with Crippen LogP contribution in [-0.4, -0.2) is 44.0 Å². The number of ether oxygens (including phenoxy) is 1. The van der Waals surface area contributed by atoms with Gasteiger partial charge in [-0.3, -0.25) is 0 Å². The minimum absolute atomic E-state index is 0.0779. The molecular weight excluding hydrogens is 340 g/mol. The summed E-state index contributed by atoms with van der Waals surface area (Å²) in [7, 11) is -3.64. The number of rotatable bonds is 4. The lowest BCUT2D eigenvalue weighted by Crippen LogP contribution is -2.46. The first-order valence-electron chi connectivity index (χ1n) is 8.16. The number of aryl methyl sites for hydroxylation is 2. The Bertz CT molecular complexity index is 854. The normalized spacial score (nSPS) is 15.9. The Morgan fingerprint density at radius 2 is 1.76 bits per heavy atom. The third-order valence-corrected chi connectivity index (χ3v) is 5.99. The summed E-state index contributed by atoms with van der Waals surface area (Å²) >= 11 is 0. The van der Waals surface area contributed by atoms with Crippen LogP contribution in [0.5, 0.6) is 17.2 Å². The van der Waals surface area contributed by atoms with E-state index in [1.54, 1.807) is 30.3 Å². The Hall–Kier alpha value is -2.09. The lowest BCUT2D eigenvalue weighted by molar-refractivity contribution is 0.358. The van der Waals surface area contributed by atoms with Gasteiger partial charge in [0.2, 0.25) is 10.0 Å². The van der Waals surface area contributed by atoms with Gasteiger partial charge in [-0.25, -0.2) is 8.42 Å². The molecule has 1 fully saturated rings. The highest BCUT2D eigenvalue weighted by molar-refractivity contribution is 7.89. The van der Waals surface area contributed by atoms with Crippen LogP contribution < -0.4 is 10.1 Å². The van der Waals surface area contributed by atoms with E-state index in [0.29, 0.717) is 31.9 Å². The molecule has 0 bridgehead atoms. The second kappa shape index (κ2) is 7.03. The molecule has 134 valence electrons. The summed E-state index contributed by atoms with van der Waals surface area (Å²) in [5.41, 5.74) is 1.72. The Kier molecular flexibility index (Phi) is 4.99. The van der Waals surface area contributed by atoms with Crippen LogP contribution in [0.1, 0.15) is 11.1 Å². The first-order chi connectivity index (χ1) is 11.9. The van der Waals surface area contributed by atoms with Crippen molar-refractivity contribution in [2.75, 3.05) is 26.2 Å². The van der Waals surface area contributed by atoms with Gasteiger partial charge >= 0.3 is 0 Å². The number of sulfonamides is 1. The van der Waals surface area contributed by atoms with Gasteiger partial charge in [-0.05, 0) is 49.2 Å². The van der Waals surface area contributed by atoms with Gasteiger partial charge in [0.05, 0.1) is 0 Å². The van der Waals surface area contributed by atoms with Crippen molar-refractivity contribution in [3.8, 4) is 17.2 Å². The fourth-order valence-electron chi connectivity index (χ4n) is 2.85. The highest BCUT2D eigenvalue weighted by Gasteiger charge is 2.29. The molecule has 0 aliphatic carbocycles. The largest absolute Gasteiger partial charge is 0.508 e. The maximum absolute atomic E-state index is 13.0. The SMILES string of the molecule is Cc1cc(O)cc(Oc2cc(C)ccc2S(=O)(=O)N2CCNCC2)c1. The van der Waals surface area contributed by atoms with Crippen LogP contribution in [0.25, 0.3) is 0 Å². The summed E-state index contributed by atoms with van der Waals surface area (Å²) in [5, 5.41) is 12.9. The van der Waals surface area contributed by atoms with Crippen LogP contribution in [0.4, 0.5) is 0 Å². The summed E-state index contributed by atoms with van der Waals surface area (Å²) in [5.74, 6) is 0.748. The lowest BCUT2D eigenvalue weighted by atomic mass is 10.2. The van der Waals surface area contributed by atoms with E-state index in [2.05, 4.69) is 5.32 Å². The number of piperazine rings is 1. The first kappa shape index (κ1) is 17.7. The topological polar surface area (TPSA) is 78.9 Å². The third-order valence-electron chi connectivity index (χ3n) is 4.06. The summed E-state index contributed by atoms with van der Waals surface area (Å²) < 4.78 is 33.3. The molecule has 0 amide bonds. The molecule has 1 aliphatic heterocycles. The van der Waals surface area contributed by atoms with Gasteiger partial charge in [-0.1, -0.05) is 6.07 Å². The molecule has 2 aromatic rings. The van der Waals surface area contributed by atoms with Crippen molar-refractivity contribution >= 4 is 10.0 Å². The molecule has 6 nitrogen and oxygen atoms in total. The Balaban J connectivity index is 2.00. The van der Waals surface area contributed by atoms with Crippen molar-refractivity contribution in [2.24, 2.45) is 0 Å². The number of phenols is 1. The molecule has 2 N–H and O–H groups in total. The average molecular weight is 362 g/mol. The van der Waals surface area contributed by atoms with E-state index >= 15 is 0 Å². The molecule has 1 aliphatic rings. The van der Waals surface area contributed by atoms with Crippen molar-refractivity contribution < 1.29 is 18.3 Å². The highest BCUT2D eigenvalue weighted by Crippen LogP contribution is 2.33. The van der Waals surface area contributed by atoms with Gasteiger partial charge in [-0.15, -0.1) is 0 Å². The molecule has 7 heteroatoms. The molecular formula is C18H22N2O4S. The van der Waals surface area contributed by atoms with Crippen LogP contribution >= 0.6 is 0 Å². The first-order valence-corrected chi connectivity index (χ1v) is 9.60. The maximum Gasteiger partial charge on any atom is 0.246 e. The van der Waals surface area contributed by atoms with Crippen molar-refractivity contribution in [3.05, 3.63) is 47.5 Å². The molecule has 1 heterocycles. The molecule has 25 heavy (non-hydrogen) atoms. The van der Waals surface area contributed by atoms with Gasteiger partial charge in [-0.2, -0.15) is 4.31 Å². The molecule has 0 radical (unpaired) electrons. The molecule has 0 saturated carbocycles. The predicted molar refractivity (Wildman–Crippen MR) is 95.7 cm³/mol. The van der Waals surface area contributed by atoms with E-state index in [0.717, 1.165) is 11.1 Å². The van der Waals surface area contributed by atoms with Crippen LogP contribution in [-0.2, 0) is 10.0 Å². The van der Waals surface area contributed by atoms with Gasteiger partial charge < -0.3 is 15.2 Å². The summed E-state index contributed by atoms with van der Waals surface area (Å²) in [6, 6.07) is 9.88. The number of hydrogen-bond donors (Lipinski definition) is 2. The van der Waals surface area contributed by atoms with E-state index in [4.69, 9.17) is 4.74 Å². The Labute approximate surface area is 148 Å². The zero-order valence-electron chi connectivity index (χ0n) is 14.3. The van der Waals surface area contributed by atoms with Crippen LogP contribution in [0.2, 0.25) is 0 Å². The second-order valence-corrected chi connectivity index (χ2v) is 8.12. The summed E-state index contributed by atoms with van der Waals surface area (Å²) in [4.78, 5) is 0.140. The quantitative estimate of drug-likeness (QED) is 0.873. The number of hydrogen-bond acceptors (Lipinski definition) is 5. The molecule has 1 saturated heterocycles. The minimum atomic E-state index is -3.64. The zero-order valence-corrected chi connectivity index (χ0v) is 15.1. The zero-order chi connectivity index (χ0) is 18.0. The summed E-state index contributed by atoms with van der Waals surface area (Å²) in [6.07, 6.45) is 0. The number of phenolic OH excluding ortho intramolecular Hbond substituents is 1. The Morgan fingerprint density at radius 3 is 2.44 bits per heavy atom. The van der Waals surface area contributed by atoms with Crippen LogP contribution in [0.15, 0.2) is 41.3 Å². The fourth-order valence-corrected chi connectivity index (χ4v) is 4.38. The monoisotopic (exact) mass is 362 g/mol. The lowest BCUT2D eigenvalue weighted by Gasteiger charge is -2.27. The molecule has 0 aromatic heterocycles. The molecule has 3 rings (SSSR count). The number of nitrogens with one attached hydrogen (secondary N) is 1. The predicted octanol–water partition coefficient (Wildman–Crippen LogP) is 2.40. The van der Waals surface area contributed by atoms with E-state index in [9.17, 15) is 13.5 Å². The van der Waals surface area contributed by atoms with Crippen molar-refractivity contribution in [1.82, 2.24) is 9.62 Å². The third kappa shape index (κ3) is 3.95. The Morgan fingerprint density at radius 1 is 1.04 bits per heavy atom. The smallest absolute Gasteiger partial charge is 0.246 e. The van der Waals surface area contributed by atoms with E-state index in [1.165, 1.54) is 10.4 Å². The molecule has 0 atom stereocenters. The van der Waals surface area contributed by atoms with E-state index in [1.807, 2.05) is 13.8 Å².